The molecule has 0 bridgehead atoms. The van der Waals surface area contributed by atoms with Gasteiger partial charge >= 0.3 is 0 Å². The molecule has 0 radical (unpaired) electrons. The number of benzene rings is 1. The van der Waals surface area contributed by atoms with Gasteiger partial charge in [0, 0.05) is 6.54 Å². The highest BCUT2D eigenvalue weighted by Gasteiger charge is 2.14. The van der Waals surface area contributed by atoms with Crippen LogP contribution in [0.1, 0.15) is 19.3 Å². The average molecular weight is 271 g/mol. The summed E-state index contributed by atoms with van der Waals surface area (Å²) in [6.07, 6.45) is 3.44. The van der Waals surface area contributed by atoms with Crippen LogP contribution in [0.25, 0.3) is 0 Å². The first-order valence-corrected chi connectivity index (χ1v) is 6.43. The number of hydrogen-bond donors (Lipinski definition) is 1. The highest BCUT2D eigenvalue weighted by molar-refractivity contribution is 5.20. The normalized spacial score (nSPS) is 17.8. The molecule has 1 N–H and O–H groups in total. The lowest BCUT2D eigenvalue weighted by atomic mass is 10.1. The zero-order valence-electron chi connectivity index (χ0n) is 10.6. The van der Waals surface area contributed by atoms with E-state index in [1.807, 2.05) is 30.3 Å². The first kappa shape index (κ1) is 15.3. The lowest BCUT2D eigenvalue weighted by molar-refractivity contribution is -0.00000588. The third-order valence-electron chi connectivity index (χ3n) is 3.10. The van der Waals surface area contributed by atoms with Crippen LogP contribution in [0.2, 0.25) is 0 Å². The van der Waals surface area contributed by atoms with Crippen LogP contribution in [0.5, 0.6) is 5.75 Å². The summed E-state index contributed by atoms with van der Waals surface area (Å²) in [7, 11) is 0. The number of nitrogens with zero attached hydrogens (tertiary/aromatic N) is 1. The number of likely N-dealkylation sites (tertiary alicyclic amines) is 1. The molecule has 102 valence electrons. The van der Waals surface area contributed by atoms with Crippen LogP contribution in [0.3, 0.4) is 0 Å². The molecular formula is C14H21ClNO2-. The predicted octanol–water partition coefficient (Wildman–Crippen LogP) is -1.08. The summed E-state index contributed by atoms with van der Waals surface area (Å²) >= 11 is 0. The Balaban J connectivity index is 0.00000162. The second kappa shape index (κ2) is 8.35. The van der Waals surface area contributed by atoms with E-state index < -0.39 is 6.10 Å². The van der Waals surface area contributed by atoms with Gasteiger partial charge in [-0.1, -0.05) is 24.6 Å². The standard InChI is InChI=1S/C14H21NO2.ClH/c16-13(11-15-9-5-2-6-10-15)12-17-14-7-3-1-4-8-14;/h1,3-4,7-8,13,16H,2,5-6,9-12H2;1H/p-1. The van der Waals surface area contributed by atoms with Crippen LogP contribution >= 0.6 is 0 Å². The Labute approximate surface area is 115 Å². The highest BCUT2D eigenvalue weighted by Crippen LogP contribution is 2.11. The maximum Gasteiger partial charge on any atom is 0.119 e. The number of aliphatic hydroxyl groups is 1. The molecule has 1 fully saturated rings. The molecule has 0 aliphatic carbocycles. The Morgan fingerprint density at radius 3 is 2.44 bits per heavy atom. The van der Waals surface area contributed by atoms with E-state index >= 15 is 0 Å². The number of halogens is 1. The molecule has 1 saturated heterocycles. The Bertz CT molecular complexity index is 315. The topological polar surface area (TPSA) is 32.7 Å². The highest BCUT2D eigenvalue weighted by atomic mass is 35.5. The van der Waals surface area contributed by atoms with Crippen LogP contribution in [-0.2, 0) is 0 Å². The number of para-hydroxylation sites is 1. The van der Waals surface area contributed by atoms with Crippen molar-refractivity contribution in [3.63, 3.8) is 0 Å². The number of piperidine rings is 1. The summed E-state index contributed by atoms with van der Waals surface area (Å²) in [5.41, 5.74) is 0. The van der Waals surface area contributed by atoms with Crippen LogP contribution in [0.15, 0.2) is 30.3 Å². The van der Waals surface area contributed by atoms with Crippen LogP contribution in [0.4, 0.5) is 0 Å². The molecule has 18 heavy (non-hydrogen) atoms. The SMILES string of the molecule is OC(COc1ccccc1)CN1CCCCC1.[Cl-]. The second-order valence-electron chi connectivity index (χ2n) is 4.64. The Kier molecular flexibility index (Phi) is 7.09. The van der Waals surface area contributed by atoms with E-state index in [0.717, 1.165) is 25.4 Å². The van der Waals surface area contributed by atoms with Gasteiger partial charge in [-0.2, -0.15) is 0 Å². The van der Waals surface area contributed by atoms with Gasteiger partial charge in [-0.05, 0) is 38.1 Å². The van der Waals surface area contributed by atoms with Crippen molar-refractivity contribution in [1.29, 1.82) is 0 Å². The number of hydrogen-bond acceptors (Lipinski definition) is 3. The Morgan fingerprint density at radius 2 is 1.78 bits per heavy atom. The number of β-amino-alcohol motifs (C(OH)–C–C–N with tert-alkyl or cyclic N) is 1. The molecule has 1 unspecified atom stereocenters. The predicted molar refractivity (Wildman–Crippen MR) is 68.2 cm³/mol. The van der Waals surface area contributed by atoms with Gasteiger partial charge in [0.1, 0.15) is 18.5 Å². The minimum absolute atomic E-state index is 0. The van der Waals surface area contributed by atoms with Gasteiger partial charge < -0.3 is 27.2 Å². The van der Waals surface area contributed by atoms with E-state index in [2.05, 4.69) is 4.90 Å². The number of rotatable bonds is 5. The fourth-order valence-electron chi connectivity index (χ4n) is 2.20. The minimum atomic E-state index is -0.395. The molecule has 1 aliphatic rings. The summed E-state index contributed by atoms with van der Waals surface area (Å²) < 4.78 is 5.53. The van der Waals surface area contributed by atoms with Gasteiger partial charge in [0.15, 0.2) is 0 Å². The van der Waals surface area contributed by atoms with Gasteiger partial charge in [-0.3, -0.25) is 0 Å². The van der Waals surface area contributed by atoms with Gasteiger partial charge in [0.2, 0.25) is 0 Å². The van der Waals surface area contributed by atoms with Gasteiger partial charge in [-0.25, -0.2) is 0 Å². The van der Waals surface area contributed by atoms with Crippen molar-refractivity contribution < 1.29 is 22.3 Å². The van der Waals surface area contributed by atoms with E-state index in [9.17, 15) is 5.11 Å². The maximum atomic E-state index is 9.90. The van der Waals surface area contributed by atoms with Crippen LogP contribution in [0, 0.1) is 0 Å². The summed E-state index contributed by atoms with van der Waals surface area (Å²) in [6.45, 7) is 3.33. The third-order valence-corrected chi connectivity index (χ3v) is 3.10. The summed E-state index contributed by atoms with van der Waals surface area (Å²) in [5.74, 6) is 0.824. The molecule has 1 atom stereocenters. The lowest BCUT2D eigenvalue weighted by Crippen LogP contribution is -3.00. The van der Waals surface area contributed by atoms with Crippen molar-refractivity contribution in [3.8, 4) is 5.75 Å². The summed E-state index contributed by atoms with van der Waals surface area (Å²) in [4.78, 5) is 2.32. The first-order chi connectivity index (χ1) is 8.34. The lowest BCUT2D eigenvalue weighted by Gasteiger charge is -2.28. The average Bonchev–Trinajstić information content (AvgIpc) is 2.39. The molecule has 1 aliphatic heterocycles. The van der Waals surface area contributed by atoms with E-state index in [-0.39, 0.29) is 12.4 Å². The fourth-order valence-corrected chi connectivity index (χ4v) is 2.20. The molecule has 0 saturated carbocycles. The van der Waals surface area contributed by atoms with Crippen molar-refractivity contribution in [1.82, 2.24) is 4.90 Å². The Hall–Kier alpha value is -0.770. The van der Waals surface area contributed by atoms with Gasteiger partial charge in [0.25, 0.3) is 0 Å². The monoisotopic (exact) mass is 270 g/mol. The van der Waals surface area contributed by atoms with Crippen molar-refractivity contribution >= 4 is 0 Å². The first-order valence-electron chi connectivity index (χ1n) is 6.43. The zero-order valence-corrected chi connectivity index (χ0v) is 11.4. The molecule has 1 aromatic carbocycles. The van der Waals surface area contributed by atoms with Gasteiger partial charge in [-0.15, -0.1) is 0 Å². The van der Waals surface area contributed by atoms with E-state index in [1.165, 1.54) is 19.3 Å². The van der Waals surface area contributed by atoms with Crippen LogP contribution in [-0.4, -0.2) is 42.4 Å². The van der Waals surface area contributed by atoms with E-state index in [4.69, 9.17) is 4.74 Å². The number of ether oxygens (including phenoxy) is 1. The van der Waals surface area contributed by atoms with E-state index in [1.54, 1.807) is 0 Å². The third kappa shape index (κ3) is 5.25. The molecule has 0 amide bonds. The molecule has 4 heteroatoms. The van der Waals surface area contributed by atoms with Crippen molar-refractivity contribution in [2.45, 2.75) is 25.4 Å². The Morgan fingerprint density at radius 1 is 1.11 bits per heavy atom. The second-order valence-corrected chi connectivity index (χ2v) is 4.64. The molecule has 0 spiro atoms. The van der Waals surface area contributed by atoms with Crippen LogP contribution < -0.4 is 17.1 Å². The molecule has 3 nitrogen and oxygen atoms in total. The molecular weight excluding hydrogens is 250 g/mol. The number of aliphatic hydroxyl groups excluding tert-OH is 1. The maximum absolute atomic E-state index is 9.90. The smallest absolute Gasteiger partial charge is 0.119 e. The summed E-state index contributed by atoms with van der Waals surface area (Å²) in [5, 5.41) is 9.90. The molecule has 0 aromatic heterocycles. The van der Waals surface area contributed by atoms with E-state index in [0.29, 0.717) is 6.61 Å². The molecule has 1 heterocycles. The fraction of sp³-hybridized carbons (Fsp3) is 0.571. The zero-order chi connectivity index (χ0) is 11.9. The molecule has 1 aromatic rings. The quantitative estimate of drug-likeness (QED) is 0.739. The molecule has 2 rings (SSSR count). The van der Waals surface area contributed by atoms with Crippen molar-refractivity contribution in [2.24, 2.45) is 0 Å². The largest absolute Gasteiger partial charge is 1.00 e. The van der Waals surface area contributed by atoms with Crippen molar-refractivity contribution in [2.75, 3.05) is 26.2 Å². The minimum Gasteiger partial charge on any atom is -1.00 e. The van der Waals surface area contributed by atoms with Gasteiger partial charge in [0.05, 0.1) is 0 Å². The van der Waals surface area contributed by atoms with Crippen molar-refractivity contribution in [3.05, 3.63) is 30.3 Å². The summed E-state index contributed by atoms with van der Waals surface area (Å²) in [6, 6.07) is 9.65.